The van der Waals surface area contributed by atoms with Crippen molar-refractivity contribution in [2.45, 2.75) is 39.2 Å². The van der Waals surface area contributed by atoms with Gasteiger partial charge in [0, 0.05) is 28.6 Å². The number of ether oxygens (including phenoxy) is 3. The predicted octanol–water partition coefficient (Wildman–Crippen LogP) is 6.77. The average molecular weight is 506 g/mol. The first-order valence-corrected chi connectivity index (χ1v) is 12.9. The van der Waals surface area contributed by atoms with Crippen LogP contribution in [-0.2, 0) is 11.3 Å². The van der Waals surface area contributed by atoms with E-state index in [2.05, 4.69) is 13.0 Å². The summed E-state index contributed by atoms with van der Waals surface area (Å²) < 4.78 is 17.2. The van der Waals surface area contributed by atoms with E-state index in [1.54, 1.807) is 14.2 Å². The first-order chi connectivity index (χ1) is 17.4. The summed E-state index contributed by atoms with van der Waals surface area (Å²) in [6.45, 7) is 5.07. The van der Waals surface area contributed by atoms with Crippen molar-refractivity contribution in [3.05, 3.63) is 81.9 Å². The molecule has 2 aliphatic rings. The fourth-order valence-electron chi connectivity index (χ4n) is 5.59. The van der Waals surface area contributed by atoms with Crippen molar-refractivity contribution in [3.8, 4) is 17.2 Å². The van der Waals surface area contributed by atoms with E-state index in [1.807, 2.05) is 60.4 Å². The molecule has 0 bridgehead atoms. The van der Waals surface area contributed by atoms with Gasteiger partial charge in [-0.1, -0.05) is 29.8 Å². The van der Waals surface area contributed by atoms with E-state index >= 15 is 0 Å². The topological polar surface area (TPSA) is 48.0 Å². The number of amides is 1. The average Bonchev–Trinajstić information content (AvgIpc) is 3.62. The van der Waals surface area contributed by atoms with Crippen molar-refractivity contribution < 1.29 is 19.0 Å². The van der Waals surface area contributed by atoms with Gasteiger partial charge in [0.15, 0.2) is 11.5 Å². The molecular weight excluding hydrogens is 474 g/mol. The first-order valence-electron chi connectivity index (χ1n) is 12.5. The molecule has 1 amide bonds. The number of hydrogen-bond acceptors (Lipinski definition) is 4. The van der Waals surface area contributed by atoms with Crippen LogP contribution >= 0.6 is 11.6 Å². The van der Waals surface area contributed by atoms with Crippen LogP contribution in [0, 0.1) is 18.8 Å². The third-order valence-electron chi connectivity index (χ3n) is 7.49. The Morgan fingerprint density at radius 3 is 2.58 bits per heavy atom. The highest BCUT2D eigenvalue weighted by Gasteiger charge is 2.49. The van der Waals surface area contributed by atoms with Crippen LogP contribution in [0.4, 0.5) is 5.69 Å². The number of carbonyl (C=O) groups is 1. The van der Waals surface area contributed by atoms with Gasteiger partial charge in [-0.25, -0.2) is 0 Å². The Morgan fingerprint density at radius 2 is 1.86 bits per heavy atom. The monoisotopic (exact) mass is 505 g/mol. The van der Waals surface area contributed by atoms with E-state index < -0.39 is 0 Å². The first kappa shape index (κ1) is 24.5. The Bertz CT molecular complexity index is 1290. The molecule has 1 fully saturated rings. The van der Waals surface area contributed by atoms with Crippen LogP contribution in [0.1, 0.15) is 47.9 Å². The maximum atomic E-state index is 13.6. The van der Waals surface area contributed by atoms with Crippen molar-refractivity contribution in [1.82, 2.24) is 0 Å². The summed E-state index contributed by atoms with van der Waals surface area (Å²) in [4.78, 5) is 15.6. The van der Waals surface area contributed by atoms with Crippen molar-refractivity contribution in [2.75, 3.05) is 25.7 Å². The minimum absolute atomic E-state index is 0.0490. The molecule has 6 heteroatoms. The molecule has 5 rings (SSSR count). The smallest absolute Gasteiger partial charge is 0.227 e. The lowest BCUT2D eigenvalue weighted by Gasteiger charge is -2.32. The zero-order valence-electron chi connectivity index (χ0n) is 21.2. The van der Waals surface area contributed by atoms with Crippen LogP contribution in [0.15, 0.2) is 54.6 Å². The van der Waals surface area contributed by atoms with Crippen LogP contribution < -0.4 is 19.1 Å². The molecule has 0 saturated heterocycles. The van der Waals surface area contributed by atoms with E-state index in [0.29, 0.717) is 36.4 Å². The van der Waals surface area contributed by atoms with Gasteiger partial charge in [0.05, 0.1) is 27.4 Å². The third-order valence-corrected chi connectivity index (χ3v) is 7.73. The SMILES string of the molecule is CCOc1c(OC)cccc1[C@@H]1c2cc(Cl)ccc2N(Cc2ccc(OC)cc2C)C(=O)CC2CC21. The van der Waals surface area contributed by atoms with E-state index in [1.165, 1.54) is 0 Å². The van der Waals surface area contributed by atoms with Gasteiger partial charge in [-0.3, -0.25) is 4.79 Å². The lowest BCUT2D eigenvalue weighted by molar-refractivity contribution is -0.119. The fourth-order valence-corrected chi connectivity index (χ4v) is 5.77. The number of nitrogens with zero attached hydrogens (tertiary/aromatic N) is 1. The Hall–Kier alpha value is -3.18. The summed E-state index contributed by atoms with van der Waals surface area (Å²) in [5, 5.41) is 0.658. The van der Waals surface area contributed by atoms with Crippen molar-refractivity contribution in [3.63, 3.8) is 0 Å². The van der Waals surface area contributed by atoms with Gasteiger partial charge in [-0.05, 0) is 85.2 Å². The number of para-hydroxylation sites is 1. The molecule has 0 radical (unpaired) electrons. The quantitative estimate of drug-likeness (QED) is 0.355. The Morgan fingerprint density at radius 1 is 1.03 bits per heavy atom. The number of benzene rings is 3. The highest BCUT2D eigenvalue weighted by molar-refractivity contribution is 6.30. The van der Waals surface area contributed by atoms with Crippen LogP contribution in [-0.4, -0.2) is 26.7 Å². The van der Waals surface area contributed by atoms with Gasteiger partial charge in [0.2, 0.25) is 5.91 Å². The highest BCUT2D eigenvalue weighted by Crippen LogP contribution is 2.58. The van der Waals surface area contributed by atoms with E-state index in [-0.39, 0.29) is 11.8 Å². The second-order valence-electron chi connectivity index (χ2n) is 9.63. The second-order valence-corrected chi connectivity index (χ2v) is 10.1. The molecule has 0 spiro atoms. The molecule has 1 saturated carbocycles. The lowest BCUT2D eigenvalue weighted by Crippen LogP contribution is -2.33. The number of anilines is 1. The molecule has 3 atom stereocenters. The van der Waals surface area contributed by atoms with Crippen molar-refractivity contribution in [1.29, 1.82) is 0 Å². The molecule has 3 aromatic carbocycles. The molecule has 3 aromatic rings. The molecule has 2 unspecified atom stereocenters. The molecule has 0 N–H and O–H groups in total. The van der Waals surface area contributed by atoms with Gasteiger partial charge in [0.25, 0.3) is 0 Å². The summed E-state index contributed by atoms with van der Waals surface area (Å²) in [6.07, 6.45) is 1.53. The maximum Gasteiger partial charge on any atom is 0.227 e. The van der Waals surface area contributed by atoms with Crippen LogP contribution in [0.5, 0.6) is 17.2 Å². The highest BCUT2D eigenvalue weighted by atomic mass is 35.5. The van der Waals surface area contributed by atoms with E-state index in [4.69, 9.17) is 25.8 Å². The number of halogens is 1. The Balaban J connectivity index is 1.65. The molecule has 0 aromatic heterocycles. The molecule has 36 heavy (non-hydrogen) atoms. The predicted molar refractivity (Wildman–Crippen MR) is 143 cm³/mol. The van der Waals surface area contributed by atoms with Gasteiger partial charge in [0.1, 0.15) is 5.75 Å². The molecule has 188 valence electrons. The largest absolute Gasteiger partial charge is 0.497 e. The number of fused-ring (bicyclic) bond motifs is 2. The third kappa shape index (κ3) is 4.53. The molecular formula is C30H32ClNO4. The Kier molecular flexibility index (Phi) is 6.85. The minimum Gasteiger partial charge on any atom is -0.497 e. The molecule has 1 heterocycles. The van der Waals surface area contributed by atoms with Crippen molar-refractivity contribution in [2.24, 2.45) is 11.8 Å². The second kappa shape index (κ2) is 10.1. The summed E-state index contributed by atoms with van der Waals surface area (Å²) in [5.74, 6) is 3.18. The zero-order valence-corrected chi connectivity index (χ0v) is 22.0. The number of aryl methyl sites for hydroxylation is 1. The van der Waals surface area contributed by atoms with Gasteiger partial charge >= 0.3 is 0 Å². The Labute approximate surface area is 217 Å². The summed E-state index contributed by atoms with van der Waals surface area (Å²) in [5.41, 5.74) is 5.23. The summed E-state index contributed by atoms with van der Waals surface area (Å²) in [7, 11) is 3.33. The van der Waals surface area contributed by atoms with E-state index in [0.717, 1.165) is 51.6 Å². The molecule has 1 aliphatic carbocycles. The summed E-state index contributed by atoms with van der Waals surface area (Å²) >= 11 is 6.57. The maximum absolute atomic E-state index is 13.6. The van der Waals surface area contributed by atoms with Crippen LogP contribution in [0.25, 0.3) is 0 Å². The summed E-state index contributed by atoms with van der Waals surface area (Å²) in [6, 6.07) is 18.0. The number of rotatable bonds is 7. The molecule has 1 aliphatic heterocycles. The van der Waals surface area contributed by atoms with Crippen molar-refractivity contribution >= 4 is 23.2 Å². The normalized spacial score (nSPS) is 20.6. The lowest BCUT2D eigenvalue weighted by atomic mass is 9.83. The number of carbonyl (C=O) groups excluding carboxylic acids is 1. The van der Waals surface area contributed by atoms with Gasteiger partial charge in [-0.2, -0.15) is 0 Å². The van der Waals surface area contributed by atoms with Gasteiger partial charge < -0.3 is 19.1 Å². The van der Waals surface area contributed by atoms with Gasteiger partial charge in [-0.15, -0.1) is 0 Å². The van der Waals surface area contributed by atoms with E-state index in [9.17, 15) is 4.79 Å². The standard InChI is InChI=1S/C30H32ClNO4/c1-5-36-30-23(7-6-8-27(30)35-4)29-24-14-20(24)15-28(33)32(26-12-10-21(31)16-25(26)29)17-19-9-11-22(34-3)13-18(19)2/h6-13,16,20,24,29H,5,14-15,17H2,1-4H3/t20?,24?,29-/m0/s1. The minimum atomic E-state index is 0.0490. The fraction of sp³-hybridized carbons (Fsp3) is 0.367. The zero-order chi connectivity index (χ0) is 25.4. The van der Waals surface area contributed by atoms with Crippen LogP contribution in [0.3, 0.4) is 0 Å². The number of methoxy groups -OCH3 is 2. The number of hydrogen-bond donors (Lipinski definition) is 0. The van der Waals surface area contributed by atoms with Crippen LogP contribution in [0.2, 0.25) is 5.02 Å². The molecule has 5 nitrogen and oxygen atoms in total.